The first kappa shape index (κ1) is 13.7. The fourth-order valence-electron chi connectivity index (χ4n) is 0.924. The highest BCUT2D eigenvalue weighted by Crippen LogP contribution is 2.24. The van der Waals surface area contributed by atoms with Gasteiger partial charge in [0.1, 0.15) is 0 Å². The minimum absolute atomic E-state index is 0.277. The molecule has 14 heavy (non-hydrogen) atoms. The van der Waals surface area contributed by atoms with Crippen LogP contribution in [0.5, 0.6) is 0 Å². The molecule has 0 aromatic rings. The number of hydrogen-bond donors (Lipinski definition) is 0. The molecule has 0 rings (SSSR count). The maximum atomic E-state index is 12.0. The minimum atomic E-state index is -4.26. The predicted molar refractivity (Wildman–Crippen MR) is 46.9 cm³/mol. The van der Waals surface area contributed by atoms with Gasteiger partial charge in [-0.1, -0.05) is 0 Å². The van der Waals surface area contributed by atoms with E-state index in [-0.39, 0.29) is 12.2 Å². The van der Waals surface area contributed by atoms with E-state index in [1.807, 2.05) is 0 Å². The first-order valence-electron chi connectivity index (χ1n) is 4.58. The van der Waals surface area contributed by atoms with Crippen molar-refractivity contribution in [1.29, 1.82) is 0 Å². The quantitative estimate of drug-likeness (QED) is 0.654. The van der Waals surface area contributed by atoms with Crippen LogP contribution >= 0.6 is 0 Å². The van der Waals surface area contributed by atoms with Gasteiger partial charge in [0.05, 0.1) is 18.6 Å². The molecule has 2 nitrogen and oxygen atoms in total. The summed E-state index contributed by atoms with van der Waals surface area (Å²) in [5, 5.41) is 0. The lowest BCUT2D eigenvalue weighted by Crippen LogP contribution is -2.29. The Morgan fingerprint density at radius 1 is 0.929 bits per heavy atom. The van der Waals surface area contributed by atoms with Gasteiger partial charge in [-0.05, 0) is 27.7 Å². The highest BCUT2D eigenvalue weighted by atomic mass is 19.4. The maximum Gasteiger partial charge on any atom is 0.393 e. The van der Waals surface area contributed by atoms with Crippen molar-refractivity contribution in [1.82, 2.24) is 0 Å². The summed E-state index contributed by atoms with van der Waals surface area (Å²) in [4.78, 5) is 0. The molecule has 0 amide bonds. The molecule has 0 radical (unpaired) electrons. The largest absolute Gasteiger partial charge is 0.393 e. The Morgan fingerprint density at radius 3 is 1.50 bits per heavy atom. The molecule has 0 heterocycles. The van der Waals surface area contributed by atoms with E-state index in [1.165, 1.54) is 0 Å². The summed E-state index contributed by atoms with van der Waals surface area (Å²) in [7, 11) is 0. The van der Waals surface area contributed by atoms with Crippen LogP contribution in [-0.4, -0.2) is 24.7 Å². The maximum absolute atomic E-state index is 12.0. The zero-order valence-electron chi connectivity index (χ0n) is 8.89. The number of rotatable bonds is 5. The molecule has 0 unspecified atom stereocenters. The van der Waals surface area contributed by atoms with E-state index < -0.39 is 18.9 Å². The smallest absolute Gasteiger partial charge is 0.350 e. The molecule has 0 aliphatic carbocycles. The summed E-state index contributed by atoms with van der Waals surface area (Å²) in [5.41, 5.74) is 0. The van der Waals surface area contributed by atoms with E-state index in [2.05, 4.69) is 0 Å². The molecule has 5 heteroatoms. The lowest BCUT2D eigenvalue weighted by atomic mass is 10.3. The van der Waals surface area contributed by atoms with E-state index in [0.29, 0.717) is 0 Å². The minimum Gasteiger partial charge on any atom is -0.350 e. The zero-order chi connectivity index (χ0) is 11.4. The monoisotopic (exact) mass is 214 g/mol. The Morgan fingerprint density at radius 2 is 1.29 bits per heavy atom. The Labute approximate surface area is 82.4 Å². The molecule has 0 bridgehead atoms. The van der Waals surface area contributed by atoms with Crippen molar-refractivity contribution < 1.29 is 22.6 Å². The summed E-state index contributed by atoms with van der Waals surface area (Å²) >= 11 is 0. The van der Waals surface area contributed by atoms with Crippen LogP contribution in [-0.2, 0) is 9.47 Å². The van der Waals surface area contributed by atoms with E-state index >= 15 is 0 Å². The molecule has 0 N–H and O–H groups in total. The van der Waals surface area contributed by atoms with Crippen LogP contribution in [0.1, 0.15) is 34.1 Å². The number of alkyl halides is 3. The number of hydrogen-bond acceptors (Lipinski definition) is 2. The Kier molecular flexibility index (Phi) is 5.44. The highest BCUT2D eigenvalue weighted by Gasteiger charge is 2.33. The zero-order valence-corrected chi connectivity index (χ0v) is 8.89. The van der Waals surface area contributed by atoms with Crippen molar-refractivity contribution in [2.24, 2.45) is 0 Å². The first-order valence-corrected chi connectivity index (χ1v) is 4.58. The Hall–Kier alpha value is -0.290. The van der Waals surface area contributed by atoms with Gasteiger partial charge in [-0.2, -0.15) is 13.2 Å². The lowest BCUT2D eigenvalue weighted by molar-refractivity contribution is -0.240. The second-order valence-electron chi connectivity index (χ2n) is 3.62. The summed E-state index contributed by atoms with van der Waals surface area (Å²) in [5.74, 6) is 0. The van der Waals surface area contributed by atoms with Crippen LogP contribution in [0.4, 0.5) is 13.2 Å². The normalized spacial score (nSPS) is 13.3. The molecule has 0 fully saturated rings. The SMILES string of the molecule is CC(C)OC(CC(F)(F)F)OC(C)C. The Balaban J connectivity index is 4.11. The van der Waals surface area contributed by atoms with Gasteiger partial charge in [0.2, 0.25) is 0 Å². The predicted octanol–water partition coefficient (Wildman–Crippen LogP) is 3.11. The van der Waals surface area contributed by atoms with Crippen LogP contribution in [0, 0.1) is 0 Å². The summed E-state index contributed by atoms with van der Waals surface area (Å²) in [6.07, 6.45) is -7.07. The highest BCUT2D eigenvalue weighted by molar-refractivity contribution is 4.57. The number of ether oxygens (including phenoxy) is 2. The third-order valence-electron chi connectivity index (χ3n) is 1.25. The number of halogens is 3. The van der Waals surface area contributed by atoms with Gasteiger partial charge in [0, 0.05) is 0 Å². The van der Waals surface area contributed by atoms with Gasteiger partial charge in [0.25, 0.3) is 0 Å². The average Bonchev–Trinajstić information content (AvgIpc) is 1.77. The van der Waals surface area contributed by atoms with Gasteiger partial charge in [-0.25, -0.2) is 0 Å². The molecule has 0 aromatic carbocycles. The van der Waals surface area contributed by atoms with Gasteiger partial charge >= 0.3 is 6.18 Å². The van der Waals surface area contributed by atoms with Crippen molar-refractivity contribution in [2.75, 3.05) is 0 Å². The summed E-state index contributed by atoms with van der Waals surface area (Å²) in [6.45, 7) is 6.69. The fourth-order valence-corrected chi connectivity index (χ4v) is 0.924. The molecule has 0 aromatic heterocycles. The van der Waals surface area contributed by atoms with E-state index in [4.69, 9.17) is 9.47 Å². The topological polar surface area (TPSA) is 18.5 Å². The molecular weight excluding hydrogens is 197 g/mol. The fraction of sp³-hybridized carbons (Fsp3) is 1.00. The van der Waals surface area contributed by atoms with Crippen molar-refractivity contribution in [3.8, 4) is 0 Å². The van der Waals surface area contributed by atoms with E-state index in [9.17, 15) is 13.2 Å². The third kappa shape index (κ3) is 8.31. The lowest BCUT2D eigenvalue weighted by Gasteiger charge is -2.23. The van der Waals surface area contributed by atoms with Crippen molar-refractivity contribution >= 4 is 0 Å². The van der Waals surface area contributed by atoms with Crippen LogP contribution in [0.3, 0.4) is 0 Å². The first-order chi connectivity index (χ1) is 6.20. The molecule has 0 aliphatic heterocycles. The second kappa shape index (κ2) is 5.56. The Bertz CT molecular complexity index is 145. The van der Waals surface area contributed by atoms with Crippen LogP contribution < -0.4 is 0 Å². The molecule has 0 saturated carbocycles. The second-order valence-corrected chi connectivity index (χ2v) is 3.62. The van der Waals surface area contributed by atoms with Crippen molar-refractivity contribution in [3.63, 3.8) is 0 Å². The van der Waals surface area contributed by atoms with Crippen molar-refractivity contribution in [3.05, 3.63) is 0 Å². The van der Waals surface area contributed by atoms with Gasteiger partial charge in [0.15, 0.2) is 6.29 Å². The molecule has 0 aliphatic rings. The van der Waals surface area contributed by atoms with Gasteiger partial charge in [-0.3, -0.25) is 0 Å². The molecule has 86 valence electrons. The van der Waals surface area contributed by atoms with E-state index in [1.54, 1.807) is 27.7 Å². The molecule has 0 saturated heterocycles. The molecule has 0 atom stereocenters. The molecule has 0 spiro atoms. The van der Waals surface area contributed by atoms with Crippen LogP contribution in [0.15, 0.2) is 0 Å². The standard InChI is InChI=1S/C9H17F3O2/c1-6(2)13-8(14-7(3)4)5-9(10,11)12/h6-8H,5H2,1-4H3. The third-order valence-corrected chi connectivity index (χ3v) is 1.25. The molecular formula is C9H17F3O2. The van der Waals surface area contributed by atoms with Crippen LogP contribution in [0.2, 0.25) is 0 Å². The summed E-state index contributed by atoms with van der Waals surface area (Å²) in [6, 6.07) is 0. The van der Waals surface area contributed by atoms with Crippen LogP contribution in [0.25, 0.3) is 0 Å². The van der Waals surface area contributed by atoms with Gasteiger partial charge < -0.3 is 9.47 Å². The van der Waals surface area contributed by atoms with E-state index in [0.717, 1.165) is 0 Å². The van der Waals surface area contributed by atoms with Gasteiger partial charge in [-0.15, -0.1) is 0 Å². The summed E-state index contributed by atoms with van der Waals surface area (Å²) < 4.78 is 46.1. The average molecular weight is 214 g/mol. The van der Waals surface area contributed by atoms with Crippen molar-refractivity contribution in [2.45, 2.75) is 58.8 Å².